The number of carbonyl (C=O) groups excluding carboxylic acids is 1. The molecule has 0 fully saturated rings. The molecule has 1 aromatic carbocycles. The number of hydrogen-bond acceptors (Lipinski definition) is 3. The summed E-state index contributed by atoms with van der Waals surface area (Å²) >= 11 is 0. The average molecular weight is 262 g/mol. The lowest BCUT2D eigenvalue weighted by Gasteiger charge is -2.19. The van der Waals surface area contributed by atoms with Gasteiger partial charge in [0, 0.05) is 32.2 Å². The first-order chi connectivity index (χ1) is 9.13. The molecule has 0 saturated heterocycles. The third-order valence-corrected chi connectivity index (χ3v) is 3.46. The van der Waals surface area contributed by atoms with Crippen LogP contribution >= 0.6 is 0 Å². The van der Waals surface area contributed by atoms with Gasteiger partial charge >= 0.3 is 5.97 Å². The van der Waals surface area contributed by atoms with Gasteiger partial charge in [0.05, 0.1) is 0 Å². The molecule has 0 aliphatic carbocycles. The zero-order chi connectivity index (χ0) is 13.8. The van der Waals surface area contributed by atoms with E-state index in [1.54, 1.807) is 7.05 Å². The van der Waals surface area contributed by atoms with E-state index in [9.17, 15) is 14.7 Å². The minimum absolute atomic E-state index is 0.0160. The van der Waals surface area contributed by atoms with E-state index in [0.717, 1.165) is 17.7 Å². The first-order valence-corrected chi connectivity index (χ1v) is 6.40. The number of rotatable bonds is 5. The molecule has 0 radical (unpaired) electrons. The summed E-state index contributed by atoms with van der Waals surface area (Å²) in [4.78, 5) is 24.5. The normalized spacial score (nSPS) is 17.1. The fourth-order valence-electron chi connectivity index (χ4n) is 2.47. The highest BCUT2D eigenvalue weighted by Gasteiger charge is 2.32. The average Bonchev–Trinajstić information content (AvgIpc) is 2.78. The van der Waals surface area contributed by atoms with Crippen LogP contribution in [-0.2, 0) is 9.59 Å². The molecule has 2 N–H and O–H groups in total. The molecule has 2 rings (SSSR count). The van der Waals surface area contributed by atoms with Gasteiger partial charge in [0.15, 0.2) is 0 Å². The Balaban J connectivity index is 2.04. The molecule has 5 nitrogen and oxygen atoms in total. The third kappa shape index (κ3) is 2.86. The van der Waals surface area contributed by atoms with Gasteiger partial charge in [-0.15, -0.1) is 0 Å². The Hall–Kier alpha value is -2.04. The fraction of sp³-hybridized carbons (Fsp3) is 0.429. The second kappa shape index (κ2) is 5.73. The molecule has 1 aliphatic rings. The summed E-state index contributed by atoms with van der Waals surface area (Å²) < 4.78 is 0. The van der Waals surface area contributed by atoms with Crippen molar-refractivity contribution in [2.24, 2.45) is 0 Å². The van der Waals surface area contributed by atoms with Gasteiger partial charge in [-0.05, 0) is 18.1 Å². The number of benzene rings is 1. The summed E-state index contributed by atoms with van der Waals surface area (Å²) in [6.45, 7) is 1.19. The maximum atomic E-state index is 11.2. The molecule has 1 aromatic rings. The molecule has 1 unspecified atom stereocenters. The van der Waals surface area contributed by atoms with Gasteiger partial charge in [-0.1, -0.05) is 18.2 Å². The lowest BCUT2D eigenvalue weighted by molar-refractivity contribution is -0.138. The van der Waals surface area contributed by atoms with Crippen LogP contribution < -0.4 is 10.2 Å². The first-order valence-electron chi connectivity index (χ1n) is 6.40. The topological polar surface area (TPSA) is 69.6 Å². The van der Waals surface area contributed by atoms with E-state index >= 15 is 0 Å². The van der Waals surface area contributed by atoms with E-state index in [1.807, 2.05) is 24.3 Å². The minimum Gasteiger partial charge on any atom is -0.481 e. The lowest BCUT2D eigenvalue weighted by Crippen LogP contribution is -2.27. The first kappa shape index (κ1) is 13.4. The largest absolute Gasteiger partial charge is 0.481 e. The molecule has 1 atom stereocenters. The van der Waals surface area contributed by atoms with E-state index in [4.69, 9.17) is 0 Å². The Morgan fingerprint density at radius 1 is 1.42 bits per heavy atom. The zero-order valence-corrected chi connectivity index (χ0v) is 10.9. The van der Waals surface area contributed by atoms with Gasteiger partial charge in [0.25, 0.3) is 0 Å². The van der Waals surface area contributed by atoms with Crippen LogP contribution in [0, 0.1) is 0 Å². The number of carbonyl (C=O) groups is 2. The van der Waals surface area contributed by atoms with Gasteiger partial charge < -0.3 is 15.3 Å². The van der Waals surface area contributed by atoms with E-state index in [-0.39, 0.29) is 5.91 Å². The van der Waals surface area contributed by atoms with Crippen molar-refractivity contribution >= 4 is 17.6 Å². The predicted octanol–water partition coefficient (Wildman–Crippen LogP) is 1.20. The van der Waals surface area contributed by atoms with Crippen molar-refractivity contribution in [1.82, 2.24) is 5.32 Å². The number of para-hydroxylation sites is 1. The van der Waals surface area contributed by atoms with E-state index in [2.05, 4.69) is 10.2 Å². The summed E-state index contributed by atoms with van der Waals surface area (Å²) in [5.41, 5.74) is 1.85. The standard InChI is InChI=1S/C14H18N2O3/c1-15-13(17)7-4-8-16-9-11(14(18)19)10-5-2-3-6-12(10)16/h2-3,5-6,11H,4,7-9H2,1H3,(H,15,17)(H,18,19). The van der Waals surface area contributed by atoms with E-state index < -0.39 is 11.9 Å². The van der Waals surface area contributed by atoms with Crippen molar-refractivity contribution in [1.29, 1.82) is 0 Å². The number of anilines is 1. The molecule has 19 heavy (non-hydrogen) atoms. The predicted molar refractivity (Wildman–Crippen MR) is 72.3 cm³/mol. The number of aliphatic carboxylic acids is 1. The summed E-state index contributed by atoms with van der Waals surface area (Å²) in [6.07, 6.45) is 1.19. The minimum atomic E-state index is -0.791. The quantitative estimate of drug-likeness (QED) is 0.836. The number of hydrogen-bond donors (Lipinski definition) is 2. The van der Waals surface area contributed by atoms with Gasteiger partial charge in [0.2, 0.25) is 5.91 Å². The van der Waals surface area contributed by atoms with Crippen molar-refractivity contribution in [3.8, 4) is 0 Å². The molecular weight excluding hydrogens is 244 g/mol. The monoisotopic (exact) mass is 262 g/mol. The summed E-state index contributed by atoms with van der Waals surface area (Å²) in [6, 6.07) is 7.59. The molecule has 0 bridgehead atoms. The van der Waals surface area contributed by atoms with Gasteiger partial charge in [-0.25, -0.2) is 0 Å². The second-order valence-corrected chi connectivity index (χ2v) is 4.67. The van der Waals surface area contributed by atoms with Gasteiger partial charge in [-0.2, -0.15) is 0 Å². The van der Waals surface area contributed by atoms with Crippen molar-refractivity contribution in [3.63, 3.8) is 0 Å². The Labute approximate surface area is 112 Å². The summed E-state index contributed by atoms with van der Waals surface area (Å²) in [5.74, 6) is -1.24. The number of amides is 1. The van der Waals surface area contributed by atoms with Crippen molar-refractivity contribution in [3.05, 3.63) is 29.8 Å². The van der Waals surface area contributed by atoms with Gasteiger partial charge in [0.1, 0.15) is 5.92 Å². The Bertz CT molecular complexity index is 487. The van der Waals surface area contributed by atoms with Gasteiger partial charge in [-0.3, -0.25) is 9.59 Å². The number of fused-ring (bicyclic) bond motifs is 1. The molecule has 5 heteroatoms. The van der Waals surface area contributed by atoms with Crippen LogP contribution in [0.25, 0.3) is 0 Å². The highest BCUT2D eigenvalue weighted by atomic mass is 16.4. The number of carboxylic acid groups (broad SMARTS) is 1. The van der Waals surface area contributed by atoms with Crippen LogP contribution in [0.1, 0.15) is 24.3 Å². The summed E-state index contributed by atoms with van der Waals surface area (Å²) in [5, 5.41) is 11.8. The smallest absolute Gasteiger partial charge is 0.312 e. The van der Waals surface area contributed by atoms with Crippen molar-refractivity contribution < 1.29 is 14.7 Å². The van der Waals surface area contributed by atoms with Crippen LogP contribution in [0.5, 0.6) is 0 Å². The van der Waals surface area contributed by atoms with Crippen molar-refractivity contribution in [2.75, 3.05) is 25.0 Å². The van der Waals surface area contributed by atoms with Crippen LogP contribution in [0.3, 0.4) is 0 Å². The molecule has 0 spiro atoms. The third-order valence-electron chi connectivity index (χ3n) is 3.46. The Morgan fingerprint density at radius 2 is 2.16 bits per heavy atom. The molecule has 0 aromatic heterocycles. The SMILES string of the molecule is CNC(=O)CCCN1CC(C(=O)O)c2ccccc21. The number of carboxylic acids is 1. The van der Waals surface area contributed by atoms with E-state index in [1.165, 1.54) is 0 Å². The molecule has 1 heterocycles. The highest BCUT2D eigenvalue weighted by molar-refractivity contribution is 5.83. The van der Waals surface area contributed by atoms with Crippen LogP contribution in [0.15, 0.2) is 24.3 Å². The number of nitrogens with one attached hydrogen (secondary N) is 1. The van der Waals surface area contributed by atoms with Crippen LogP contribution in [0.4, 0.5) is 5.69 Å². The lowest BCUT2D eigenvalue weighted by atomic mass is 10.0. The second-order valence-electron chi connectivity index (χ2n) is 4.67. The van der Waals surface area contributed by atoms with E-state index in [0.29, 0.717) is 19.5 Å². The molecule has 1 aliphatic heterocycles. The van der Waals surface area contributed by atoms with Crippen molar-refractivity contribution in [2.45, 2.75) is 18.8 Å². The fourth-order valence-corrected chi connectivity index (χ4v) is 2.47. The molecule has 0 saturated carbocycles. The maximum Gasteiger partial charge on any atom is 0.312 e. The number of nitrogens with zero attached hydrogens (tertiary/aromatic N) is 1. The molecular formula is C14H18N2O3. The summed E-state index contributed by atoms with van der Waals surface area (Å²) in [7, 11) is 1.62. The molecule has 102 valence electrons. The zero-order valence-electron chi connectivity index (χ0n) is 10.9. The molecule has 1 amide bonds. The Morgan fingerprint density at radius 3 is 2.84 bits per heavy atom. The van der Waals surface area contributed by atoms with Crippen LogP contribution in [-0.4, -0.2) is 37.1 Å². The van der Waals surface area contributed by atoms with Crippen LogP contribution in [0.2, 0.25) is 0 Å². The maximum absolute atomic E-state index is 11.2. The highest BCUT2D eigenvalue weighted by Crippen LogP contribution is 2.36. The Kier molecular flexibility index (Phi) is 4.04.